The van der Waals surface area contributed by atoms with E-state index in [0.29, 0.717) is 5.82 Å². The van der Waals surface area contributed by atoms with Gasteiger partial charge in [0.1, 0.15) is 6.61 Å². The molecule has 1 N–H and O–H groups in total. The van der Waals surface area contributed by atoms with Gasteiger partial charge in [0.15, 0.2) is 10.6 Å². The van der Waals surface area contributed by atoms with E-state index in [1.807, 2.05) is 9.25 Å². The van der Waals surface area contributed by atoms with Crippen molar-refractivity contribution in [3.05, 3.63) is 10.6 Å². The van der Waals surface area contributed by atoms with Gasteiger partial charge in [0.05, 0.1) is 6.67 Å². The van der Waals surface area contributed by atoms with Crippen LogP contribution in [0.3, 0.4) is 0 Å². The molecule has 0 aliphatic carbocycles. The van der Waals surface area contributed by atoms with E-state index in [1.165, 1.54) is 25.7 Å². The number of aromatic nitrogens is 3. The molecule has 132 valence electrons. The van der Waals surface area contributed by atoms with E-state index in [9.17, 15) is 5.11 Å². The molecular weight excluding hydrogens is 308 g/mol. The van der Waals surface area contributed by atoms with E-state index in [-0.39, 0.29) is 6.61 Å². The molecule has 1 aliphatic rings. The van der Waals surface area contributed by atoms with Gasteiger partial charge in [-0.25, -0.2) is 4.68 Å². The summed E-state index contributed by atoms with van der Waals surface area (Å²) in [4.78, 5) is 2.47. The zero-order valence-electron chi connectivity index (χ0n) is 14.9. The van der Waals surface area contributed by atoms with Gasteiger partial charge in [-0.1, -0.05) is 27.2 Å². The van der Waals surface area contributed by atoms with Crippen LogP contribution in [0.15, 0.2) is 0 Å². The van der Waals surface area contributed by atoms with Gasteiger partial charge >= 0.3 is 0 Å². The molecule has 0 saturated carbocycles. The first kappa shape index (κ1) is 18.6. The van der Waals surface area contributed by atoms with Gasteiger partial charge in [-0.05, 0) is 56.3 Å². The van der Waals surface area contributed by atoms with E-state index >= 15 is 0 Å². The van der Waals surface area contributed by atoms with Crippen molar-refractivity contribution in [2.45, 2.75) is 72.7 Å². The minimum atomic E-state index is -0.0480. The summed E-state index contributed by atoms with van der Waals surface area (Å²) in [6, 6.07) is 0. The van der Waals surface area contributed by atoms with Crippen LogP contribution in [-0.2, 0) is 19.8 Å². The van der Waals surface area contributed by atoms with Crippen molar-refractivity contribution >= 4 is 12.2 Å². The topological polar surface area (TPSA) is 46.2 Å². The molecule has 1 aromatic heterocycles. The molecule has 0 amide bonds. The quantitative estimate of drug-likeness (QED) is 0.737. The number of aliphatic hydroxyl groups is 1. The first-order chi connectivity index (χ1) is 11.0. The summed E-state index contributed by atoms with van der Waals surface area (Å²) < 4.78 is 4.59. The Hall–Kier alpha value is -0.720. The fourth-order valence-corrected chi connectivity index (χ4v) is 3.71. The monoisotopic (exact) mass is 340 g/mol. The Morgan fingerprint density at radius 2 is 2.17 bits per heavy atom. The lowest BCUT2D eigenvalue weighted by molar-refractivity contribution is 0.123. The Morgan fingerprint density at radius 1 is 1.39 bits per heavy atom. The van der Waals surface area contributed by atoms with Crippen molar-refractivity contribution < 1.29 is 5.11 Å². The van der Waals surface area contributed by atoms with Crippen LogP contribution in [0.5, 0.6) is 0 Å². The van der Waals surface area contributed by atoms with E-state index < -0.39 is 0 Å². The second-order valence-electron chi connectivity index (χ2n) is 7.21. The molecule has 0 spiro atoms. The molecule has 0 aromatic carbocycles. The zero-order chi connectivity index (χ0) is 16.8. The number of likely N-dealkylation sites (tertiary alicyclic amines) is 1. The van der Waals surface area contributed by atoms with E-state index in [2.05, 4.69) is 30.8 Å². The van der Waals surface area contributed by atoms with E-state index in [0.717, 1.165) is 49.3 Å². The lowest BCUT2D eigenvalue weighted by Crippen LogP contribution is -2.37. The summed E-state index contributed by atoms with van der Waals surface area (Å²) in [5, 5.41) is 14.0. The highest BCUT2D eigenvalue weighted by molar-refractivity contribution is 7.71. The molecule has 1 aliphatic heterocycles. The van der Waals surface area contributed by atoms with Gasteiger partial charge in [-0.3, -0.25) is 4.90 Å². The molecule has 23 heavy (non-hydrogen) atoms. The number of nitrogens with zero attached hydrogens (tertiary/aromatic N) is 4. The zero-order valence-corrected chi connectivity index (χ0v) is 15.7. The Labute approximate surface area is 145 Å². The number of piperidine rings is 1. The molecule has 6 heteroatoms. The Kier molecular flexibility index (Phi) is 7.24. The second kappa shape index (κ2) is 8.94. The van der Waals surface area contributed by atoms with Gasteiger partial charge in [-0.2, -0.15) is 5.10 Å². The first-order valence-electron chi connectivity index (χ1n) is 9.04. The molecule has 5 nitrogen and oxygen atoms in total. The third kappa shape index (κ3) is 5.13. The standard InChI is InChI=1S/C17H32N4OS/c1-4-9-20-16(12-22)18-21(17(20)23)13-19-10-5-6-15(11-19)8-7-14(2)3/h14-15,22H,4-13H2,1-3H3. The van der Waals surface area contributed by atoms with Crippen LogP contribution < -0.4 is 0 Å². The number of aliphatic hydroxyl groups excluding tert-OH is 1. The van der Waals surface area contributed by atoms with Crippen molar-refractivity contribution in [1.82, 2.24) is 19.2 Å². The Morgan fingerprint density at radius 3 is 2.83 bits per heavy atom. The maximum atomic E-state index is 9.50. The van der Waals surface area contributed by atoms with Gasteiger partial charge in [0, 0.05) is 13.1 Å². The van der Waals surface area contributed by atoms with Crippen LogP contribution in [0.2, 0.25) is 0 Å². The van der Waals surface area contributed by atoms with E-state index in [4.69, 9.17) is 12.2 Å². The third-order valence-corrected chi connectivity index (χ3v) is 5.11. The molecule has 0 bridgehead atoms. The molecular formula is C17H32N4OS. The maximum Gasteiger partial charge on any atom is 0.199 e. The third-order valence-electron chi connectivity index (χ3n) is 4.68. The van der Waals surface area contributed by atoms with Crippen LogP contribution in [-0.4, -0.2) is 37.4 Å². The van der Waals surface area contributed by atoms with Crippen molar-refractivity contribution in [1.29, 1.82) is 0 Å². The minimum Gasteiger partial charge on any atom is -0.388 e. The largest absolute Gasteiger partial charge is 0.388 e. The summed E-state index contributed by atoms with van der Waals surface area (Å²) in [5.41, 5.74) is 0. The average molecular weight is 341 g/mol. The molecule has 1 aromatic rings. The summed E-state index contributed by atoms with van der Waals surface area (Å²) in [7, 11) is 0. The van der Waals surface area contributed by atoms with Crippen LogP contribution in [0, 0.1) is 16.6 Å². The van der Waals surface area contributed by atoms with Crippen LogP contribution in [0.25, 0.3) is 0 Å². The fourth-order valence-electron chi connectivity index (χ4n) is 3.42. The number of rotatable bonds is 8. The summed E-state index contributed by atoms with van der Waals surface area (Å²) in [6.45, 7) is 10.5. The highest BCUT2D eigenvalue weighted by Crippen LogP contribution is 2.23. The average Bonchev–Trinajstić information content (AvgIpc) is 2.82. The van der Waals surface area contributed by atoms with Crippen molar-refractivity contribution in [2.24, 2.45) is 11.8 Å². The van der Waals surface area contributed by atoms with Gasteiger partial charge in [0.25, 0.3) is 0 Å². The molecule has 1 atom stereocenters. The van der Waals surface area contributed by atoms with Crippen LogP contribution in [0.4, 0.5) is 0 Å². The van der Waals surface area contributed by atoms with Crippen molar-refractivity contribution in [3.63, 3.8) is 0 Å². The molecule has 1 saturated heterocycles. The lowest BCUT2D eigenvalue weighted by Gasteiger charge is -2.32. The first-order valence-corrected chi connectivity index (χ1v) is 9.45. The molecule has 2 rings (SSSR count). The molecule has 1 fully saturated rings. The van der Waals surface area contributed by atoms with Gasteiger partial charge < -0.3 is 9.67 Å². The number of hydrogen-bond donors (Lipinski definition) is 1. The molecule has 1 unspecified atom stereocenters. The van der Waals surface area contributed by atoms with Crippen molar-refractivity contribution in [3.8, 4) is 0 Å². The SMILES string of the molecule is CCCn1c(CO)nn(CN2CCCC(CCC(C)C)C2)c1=S. The van der Waals surface area contributed by atoms with E-state index in [1.54, 1.807) is 0 Å². The van der Waals surface area contributed by atoms with Crippen molar-refractivity contribution in [2.75, 3.05) is 13.1 Å². The summed E-state index contributed by atoms with van der Waals surface area (Å²) in [5.74, 6) is 2.27. The highest BCUT2D eigenvalue weighted by atomic mass is 32.1. The minimum absolute atomic E-state index is 0.0480. The maximum absolute atomic E-state index is 9.50. The highest BCUT2D eigenvalue weighted by Gasteiger charge is 2.21. The molecule has 2 heterocycles. The Balaban J connectivity index is 2.00. The second-order valence-corrected chi connectivity index (χ2v) is 7.57. The fraction of sp³-hybridized carbons (Fsp3) is 0.882. The number of hydrogen-bond acceptors (Lipinski definition) is 4. The Bertz CT molecular complexity index is 537. The van der Waals surface area contributed by atoms with Gasteiger partial charge in [-0.15, -0.1) is 0 Å². The normalized spacial score (nSPS) is 19.6. The smallest absolute Gasteiger partial charge is 0.199 e. The van der Waals surface area contributed by atoms with Crippen LogP contribution in [0.1, 0.15) is 58.7 Å². The predicted molar refractivity (Wildman–Crippen MR) is 95.6 cm³/mol. The van der Waals surface area contributed by atoms with Gasteiger partial charge in [0.2, 0.25) is 0 Å². The summed E-state index contributed by atoms with van der Waals surface area (Å²) >= 11 is 5.55. The van der Waals surface area contributed by atoms with Crippen LogP contribution >= 0.6 is 12.2 Å². The predicted octanol–water partition coefficient (Wildman–Crippen LogP) is 3.42. The summed E-state index contributed by atoms with van der Waals surface area (Å²) in [6.07, 6.45) is 6.25. The lowest BCUT2D eigenvalue weighted by atomic mass is 9.91. The molecule has 0 radical (unpaired) electrons.